The Hall–Kier alpha value is -2.38. The van der Waals surface area contributed by atoms with Crippen molar-refractivity contribution >= 4 is 11.9 Å². The lowest BCUT2D eigenvalue weighted by Crippen LogP contribution is -2.60. The predicted octanol–water partition coefficient (Wildman–Crippen LogP) is 12.5. The van der Waals surface area contributed by atoms with E-state index in [1.165, 1.54) is 116 Å². The van der Waals surface area contributed by atoms with Gasteiger partial charge in [0.25, 0.3) is 0 Å². The number of ether oxygens (including phenoxy) is 3. The summed E-state index contributed by atoms with van der Waals surface area (Å²) < 4.78 is 16.6. The molecule has 0 bridgehead atoms. The Labute approximate surface area is 421 Å². The van der Waals surface area contributed by atoms with Gasteiger partial charge in [-0.3, -0.25) is 9.59 Å². The van der Waals surface area contributed by atoms with Crippen molar-refractivity contribution in [3.05, 3.63) is 48.6 Å². The zero-order valence-electron chi connectivity index (χ0n) is 44.0. The molecule has 1 heterocycles. The SMILES string of the molecule is CCC/C=C/CC/C=C/CC/C=C/C(O)C(COC1OC(CO)C(O)C(O)C1O)NC(=O)CCCCCCCCC/C=C\CCCCCCCCCCOC(=O)CCCCCCCCCCCCC. The Morgan fingerprint density at radius 3 is 1.49 bits per heavy atom. The molecule has 0 aliphatic carbocycles. The molecule has 7 unspecified atom stereocenters. The molecule has 1 aliphatic heterocycles. The number of esters is 1. The van der Waals surface area contributed by atoms with E-state index in [1.807, 2.05) is 6.08 Å². The molecule has 11 heteroatoms. The summed E-state index contributed by atoms with van der Waals surface area (Å²) in [5, 5.41) is 54.2. The van der Waals surface area contributed by atoms with Crippen LogP contribution in [0.3, 0.4) is 0 Å². The van der Waals surface area contributed by atoms with E-state index in [2.05, 4.69) is 55.6 Å². The summed E-state index contributed by atoms with van der Waals surface area (Å²) in [7, 11) is 0. The molecule has 1 amide bonds. The molecule has 0 aromatic rings. The molecule has 0 spiro atoms. The van der Waals surface area contributed by atoms with Gasteiger partial charge in [-0.05, 0) is 77.0 Å². The van der Waals surface area contributed by atoms with Crippen LogP contribution in [0.25, 0.3) is 0 Å². The van der Waals surface area contributed by atoms with E-state index in [4.69, 9.17) is 14.2 Å². The summed E-state index contributed by atoms with van der Waals surface area (Å²) in [6.07, 6.45) is 49.2. The molecule has 0 aromatic carbocycles. The van der Waals surface area contributed by atoms with Gasteiger partial charge in [0.05, 0.1) is 32.0 Å². The minimum atomic E-state index is -1.58. The van der Waals surface area contributed by atoms with Crippen LogP contribution in [-0.4, -0.2) is 100 Å². The topological polar surface area (TPSA) is 175 Å². The second-order valence-electron chi connectivity index (χ2n) is 19.6. The smallest absolute Gasteiger partial charge is 0.305 e. The second kappa shape index (κ2) is 47.9. The molecule has 1 aliphatic rings. The first-order chi connectivity index (χ1) is 33.7. The van der Waals surface area contributed by atoms with Gasteiger partial charge >= 0.3 is 5.97 Å². The van der Waals surface area contributed by atoms with Crippen LogP contribution in [0.5, 0.6) is 0 Å². The fourth-order valence-electron chi connectivity index (χ4n) is 8.58. The number of carbonyl (C=O) groups is 2. The van der Waals surface area contributed by atoms with E-state index in [1.54, 1.807) is 6.08 Å². The average Bonchev–Trinajstić information content (AvgIpc) is 3.34. The minimum absolute atomic E-state index is 0.0130. The summed E-state index contributed by atoms with van der Waals surface area (Å²) >= 11 is 0. The van der Waals surface area contributed by atoms with Crippen molar-refractivity contribution in [2.24, 2.45) is 0 Å². The van der Waals surface area contributed by atoms with Gasteiger partial charge in [0.2, 0.25) is 5.91 Å². The van der Waals surface area contributed by atoms with Crippen LogP contribution in [0.1, 0.15) is 245 Å². The maximum absolute atomic E-state index is 13.0. The molecular weight excluding hydrogens is 871 g/mol. The molecule has 0 saturated carbocycles. The van der Waals surface area contributed by atoms with Crippen LogP contribution in [0, 0.1) is 0 Å². The van der Waals surface area contributed by atoms with Gasteiger partial charge in [-0.15, -0.1) is 0 Å². The molecule has 0 radical (unpaired) electrons. The number of nitrogens with one attached hydrogen (secondary N) is 1. The van der Waals surface area contributed by atoms with E-state index in [-0.39, 0.29) is 18.5 Å². The zero-order chi connectivity index (χ0) is 50.3. The molecule has 69 heavy (non-hydrogen) atoms. The second-order valence-corrected chi connectivity index (χ2v) is 19.6. The molecule has 1 rings (SSSR count). The minimum Gasteiger partial charge on any atom is -0.466 e. The summed E-state index contributed by atoms with van der Waals surface area (Å²) in [4.78, 5) is 25.0. The highest BCUT2D eigenvalue weighted by Crippen LogP contribution is 2.23. The quantitative estimate of drug-likeness (QED) is 0.0196. The van der Waals surface area contributed by atoms with Gasteiger partial charge in [-0.2, -0.15) is 0 Å². The van der Waals surface area contributed by atoms with Crippen molar-refractivity contribution in [1.82, 2.24) is 5.32 Å². The number of carbonyl (C=O) groups excluding carboxylic acids is 2. The van der Waals surface area contributed by atoms with Gasteiger partial charge in [-0.1, -0.05) is 204 Å². The normalized spacial score (nSPS) is 19.7. The van der Waals surface area contributed by atoms with Gasteiger partial charge in [0.1, 0.15) is 24.4 Å². The molecule has 1 fully saturated rings. The number of amides is 1. The molecule has 402 valence electrons. The monoisotopic (exact) mass is 976 g/mol. The zero-order valence-corrected chi connectivity index (χ0v) is 44.0. The summed E-state index contributed by atoms with van der Waals surface area (Å²) in [6.45, 7) is 4.21. The number of unbranched alkanes of at least 4 members (excludes halogenated alkanes) is 28. The van der Waals surface area contributed by atoms with E-state index in [0.717, 1.165) is 103 Å². The lowest BCUT2D eigenvalue weighted by Gasteiger charge is -2.40. The van der Waals surface area contributed by atoms with Crippen molar-refractivity contribution < 1.29 is 49.3 Å². The highest BCUT2D eigenvalue weighted by molar-refractivity contribution is 5.76. The van der Waals surface area contributed by atoms with Crippen molar-refractivity contribution in [3.8, 4) is 0 Å². The molecule has 1 saturated heterocycles. The Morgan fingerprint density at radius 1 is 0.522 bits per heavy atom. The Bertz CT molecular complexity index is 1290. The first-order valence-corrected chi connectivity index (χ1v) is 28.4. The maximum atomic E-state index is 13.0. The lowest BCUT2D eigenvalue weighted by atomic mass is 9.99. The molecule has 6 N–H and O–H groups in total. The fraction of sp³-hybridized carbons (Fsp3) is 0.828. The number of hydrogen-bond acceptors (Lipinski definition) is 10. The van der Waals surface area contributed by atoms with Crippen molar-refractivity contribution in [1.29, 1.82) is 0 Å². The van der Waals surface area contributed by atoms with E-state index in [0.29, 0.717) is 19.4 Å². The summed E-state index contributed by atoms with van der Waals surface area (Å²) in [6, 6.07) is -0.841. The number of allylic oxidation sites excluding steroid dienone is 7. The summed E-state index contributed by atoms with van der Waals surface area (Å²) in [5.74, 6) is -0.221. The van der Waals surface area contributed by atoms with Gasteiger partial charge in [0.15, 0.2) is 6.29 Å². The van der Waals surface area contributed by atoms with Crippen LogP contribution in [0.15, 0.2) is 48.6 Å². The third-order valence-corrected chi connectivity index (χ3v) is 13.1. The third kappa shape index (κ3) is 38.0. The van der Waals surface area contributed by atoms with Crippen molar-refractivity contribution in [2.75, 3.05) is 19.8 Å². The van der Waals surface area contributed by atoms with Crippen LogP contribution < -0.4 is 5.32 Å². The molecular formula is C58H105NO10. The van der Waals surface area contributed by atoms with Crippen molar-refractivity contribution in [3.63, 3.8) is 0 Å². The fourth-order valence-corrected chi connectivity index (χ4v) is 8.58. The Morgan fingerprint density at radius 2 is 0.971 bits per heavy atom. The molecule has 7 atom stereocenters. The van der Waals surface area contributed by atoms with Crippen LogP contribution in [-0.2, 0) is 23.8 Å². The molecule has 11 nitrogen and oxygen atoms in total. The largest absolute Gasteiger partial charge is 0.466 e. The first-order valence-electron chi connectivity index (χ1n) is 28.4. The number of aliphatic hydroxyl groups excluding tert-OH is 5. The predicted molar refractivity (Wildman–Crippen MR) is 283 cm³/mol. The van der Waals surface area contributed by atoms with Crippen LogP contribution >= 0.6 is 0 Å². The standard InChI is InChI=1S/C58H105NO10/c1-3-5-7-9-11-13-24-28-32-36-40-44-51(61)50(49-68-58-57(66)56(65)55(64)52(48-60)69-58)59-53(62)45-41-37-33-29-26-22-20-18-16-15-17-19-21-23-27-31-35-39-43-47-67-54(63)46-42-38-34-30-25-14-12-10-8-6-4-2/h7,9,15-16,24,28,40,44,50-52,55-58,60-61,64-66H,3-6,8,10-14,17-23,25-27,29-39,41-43,45-49H2,1-2H3,(H,59,62)/b9-7+,16-15-,28-24+,44-40+. The third-order valence-electron chi connectivity index (χ3n) is 13.1. The van der Waals surface area contributed by atoms with Crippen LogP contribution in [0.2, 0.25) is 0 Å². The van der Waals surface area contributed by atoms with Crippen LogP contribution in [0.4, 0.5) is 0 Å². The number of aliphatic hydroxyl groups is 5. The first kappa shape index (κ1) is 64.6. The average molecular weight is 976 g/mol. The number of rotatable bonds is 48. The van der Waals surface area contributed by atoms with Gasteiger partial charge in [0, 0.05) is 12.8 Å². The highest BCUT2D eigenvalue weighted by atomic mass is 16.7. The number of hydrogen-bond donors (Lipinski definition) is 6. The lowest BCUT2D eigenvalue weighted by molar-refractivity contribution is -0.302. The maximum Gasteiger partial charge on any atom is 0.305 e. The Kier molecular flexibility index (Phi) is 44.9. The van der Waals surface area contributed by atoms with Crippen molar-refractivity contribution in [2.45, 2.75) is 288 Å². The van der Waals surface area contributed by atoms with E-state index in [9.17, 15) is 35.1 Å². The van der Waals surface area contributed by atoms with Gasteiger partial charge < -0.3 is 45.1 Å². The Balaban J connectivity index is 2.11. The van der Waals surface area contributed by atoms with E-state index >= 15 is 0 Å². The van der Waals surface area contributed by atoms with E-state index < -0.39 is 49.5 Å². The molecule has 0 aromatic heterocycles. The van der Waals surface area contributed by atoms with Gasteiger partial charge in [-0.25, -0.2) is 0 Å². The summed E-state index contributed by atoms with van der Waals surface area (Å²) in [5.41, 5.74) is 0. The highest BCUT2D eigenvalue weighted by Gasteiger charge is 2.44.